The Morgan fingerprint density at radius 1 is 1.27 bits per heavy atom. The van der Waals surface area contributed by atoms with Gasteiger partial charge in [0, 0.05) is 26.2 Å². The molecule has 1 aromatic rings. The van der Waals surface area contributed by atoms with Gasteiger partial charge in [0.25, 0.3) is 0 Å². The zero-order chi connectivity index (χ0) is 20.9. The molecule has 0 radical (unpaired) electrons. The second-order valence-corrected chi connectivity index (χ2v) is 7.10. The Labute approximate surface area is 192 Å². The molecular formula is C20H29F3IN3O3. The van der Waals surface area contributed by atoms with E-state index in [-0.39, 0.29) is 54.0 Å². The summed E-state index contributed by atoms with van der Waals surface area (Å²) in [5.74, 6) is 0.757. The Morgan fingerprint density at radius 3 is 2.67 bits per heavy atom. The standard InChI is InChI=1S/C20H28F3N3O3.HI/c1-3-24-19(26-8-10-29-18(13-26)17-5-4-9-28-17)25-12-14-6-7-15(27-2)11-16(14)20(21,22)23;/h6-7,11,17-18H,3-5,8-10,12-13H2,1-2H3,(H,24,25);1H. The van der Waals surface area contributed by atoms with Crippen molar-refractivity contribution in [3.8, 4) is 5.75 Å². The van der Waals surface area contributed by atoms with Crippen LogP contribution in [-0.2, 0) is 22.2 Å². The molecule has 0 saturated carbocycles. The summed E-state index contributed by atoms with van der Waals surface area (Å²) in [5.41, 5.74) is -0.617. The van der Waals surface area contributed by atoms with Crippen LogP contribution >= 0.6 is 24.0 Å². The third-order valence-electron chi connectivity index (χ3n) is 5.13. The number of hydrogen-bond acceptors (Lipinski definition) is 4. The maximum absolute atomic E-state index is 13.5. The molecule has 0 amide bonds. The number of morpholine rings is 1. The van der Waals surface area contributed by atoms with Crippen molar-refractivity contribution in [2.45, 2.75) is 44.7 Å². The highest BCUT2D eigenvalue weighted by atomic mass is 127. The van der Waals surface area contributed by atoms with Crippen molar-refractivity contribution in [1.29, 1.82) is 0 Å². The van der Waals surface area contributed by atoms with Crippen LogP contribution < -0.4 is 10.1 Å². The fraction of sp³-hybridized carbons (Fsp3) is 0.650. The van der Waals surface area contributed by atoms with Crippen molar-refractivity contribution >= 4 is 29.9 Å². The van der Waals surface area contributed by atoms with E-state index in [1.54, 1.807) is 0 Å². The van der Waals surface area contributed by atoms with Gasteiger partial charge in [-0.2, -0.15) is 13.2 Å². The van der Waals surface area contributed by atoms with E-state index in [1.807, 2.05) is 11.8 Å². The van der Waals surface area contributed by atoms with Gasteiger partial charge in [0.2, 0.25) is 0 Å². The van der Waals surface area contributed by atoms with Crippen LogP contribution in [0.15, 0.2) is 23.2 Å². The monoisotopic (exact) mass is 543 g/mol. The van der Waals surface area contributed by atoms with Crippen molar-refractivity contribution in [3.05, 3.63) is 29.3 Å². The molecule has 2 aliphatic heterocycles. The van der Waals surface area contributed by atoms with Gasteiger partial charge in [-0.3, -0.25) is 0 Å². The predicted octanol–water partition coefficient (Wildman–Crippen LogP) is 3.68. The minimum Gasteiger partial charge on any atom is -0.497 e. The molecule has 2 heterocycles. The van der Waals surface area contributed by atoms with Crippen molar-refractivity contribution in [2.75, 3.05) is 40.0 Å². The van der Waals surface area contributed by atoms with E-state index in [2.05, 4.69) is 10.3 Å². The molecular weight excluding hydrogens is 514 g/mol. The molecule has 0 bridgehead atoms. The summed E-state index contributed by atoms with van der Waals surface area (Å²) >= 11 is 0. The molecule has 2 fully saturated rings. The minimum atomic E-state index is -4.47. The summed E-state index contributed by atoms with van der Waals surface area (Å²) in [4.78, 5) is 6.53. The number of alkyl halides is 3. The maximum atomic E-state index is 13.5. The second-order valence-electron chi connectivity index (χ2n) is 7.10. The Bertz CT molecular complexity index is 712. The number of benzene rings is 1. The van der Waals surface area contributed by atoms with Crippen LogP contribution in [0.3, 0.4) is 0 Å². The average Bonchev–Trinajstić information content (AvgIpc) is 3.25. The number of halogens is 4. The van der Waals surface area contributed by atoms with Crippen molar-refractivity contribution < 1.29 is 27.4 Å². The maximum Gasteiger partial charge on any atom is 0.416 e. The van der Waals surface area contributed by atoms with Crippen LogP contribution in [0.1, 0.15) is 30.9 Å². The van der Waals surface area contributed by atoms with Crippen LogP contribution in [0.4, 0.5) is 13.2 Å². The van der Waals surface area contributed by atoms with Gasteiger partial charge in [-0.1, -0.05) is 6.07 Å². The van der Waals surface area contributed by atoms with Crippen LogP contribution in [0.25, 0.3) is 0 Å². The highest BCUT2D eigenvalue weighted by Crippen LogP contribution is 2.34. The number of nitrogens with one attached hydrogen (secondary N) is 1. The number of nitrogens with zero attached hydrogens (tertiary/aromatic N) is 2. The normalized spacial score (nSPS) is 22.6. The van der Waals surface area contributed by atoms with Crippen molar-refractivity contribution in [2.24, 2.45) is 4.99 Å². The van der Waals surface area contributed by atoms with Gasteiger partial charge in [-0.05, 0) is 37.5 Å². The molecule has 3 rings (SSSR count). The molecule has 6 nitrogen and oxygen atoms in total. The topological polar surface area (TPSA) is 55.3 Å². The number of aliphatic imine (C=N–C) groups is 1. The fourth-order valence-corrected chi connectivity index (χ4v) is 3.66. The first-order valence-electron chi connectivity index (χ1n) is 9.93. The molecule has 2 unspecified atom stereocenters. The molecule has 2 aliphatic rings. The van der Waals surface area contributed by atoms with Gasteiger partial charge in [-0.15, -0.1) is 24.0 Å². The van der Waals surface area contributed by atoms with E-state index < -0.39 is 11.7 Å². The molecule has 10 heteroatoms. The lowest BCUT2D eigenvalue weighted by atomic mass is 10.1. The van der Waals surface area contributed by atoms with Gasteiger partial charge in [0.1, 0.15) is 11.9 Å². The van der Waals surface area contributed by atoms with Gasteiger partial charge in [-0.25, -0.2) is 4.99 Å². The van der Waals surface area contributed by atoms with E-state index in [0.717, 1.165) is 25.5 Å². The van der Waals surface area contributed by atoms with E-state index >= 15 is 0 Å². The minimum absolute atomic E-state index is 0. The van der Waals surface area contributed by atoms with E-state index in [0.29, 0.717) is 32.2 Å². The van der Waals surface area contributed by atoms with E-state index in [4.69, 9.17) is 14.2 Å². The van der Waals surface area contributed by atoms with Crippen molar-refractivity contribution in [1.82, 2.24) is 10.2 Å². The first kappa shape index (κ1) is 25.0. The zero-order valence-electron chi connectivity index (χ0n) is 17.2. The Morgan fingerprint density at radius 2 is 2.03 bits per heavy atom. The summed E-state index contributed by atoms with van der Waals surface area (Å²) in [6.45, 7) is 4.98. The third-order valence-corrected chi connectivity index (χ3v) is 5.13. The van der Waals surface area contributed by atoms with Crippen molar-refractivity contribution in [3.63, 3.8) is 0 Å². The zero-order valence-corrected chi connectivity index (χ0v) is 19.5. The first-order chi connectivity index (χ1) is 13.9. The summed E-state index contributed by atoms with van der Waals surface area (Å²) in [5, 5.41) is 3.19. The molecule has 2 atom stereocenters. The van der Waals surface area contributed by atoms with E-state index in [1.165, 1.54) is 19.2 Å². The molecule has 0 aliphatic carbocycles. The summed E-state index contributed by atoms with van der Waals surface area (Å²) in [6.07, 6.45) is -2.47. The highest BCUT2D eigenvalue weighted by Gasteiger charge is 2.34. The summed E-state index contributed by atoms with van der Waals surface area (Å²) < 4.78 is 56.9. The van der Waals surface area contributed by atoms with Crippen LogP contribution in [0.2, 0.25) is 0 Å². The molecule has 2 saturated heterocycles. The number of ether oxygens (including phenoxy) is 3. The first-order valence-corrected chi connectivity index (χ1v) is 9.93. The van der Waals surface area contributed by atoms with E-state index in [9.17, 15) is 13.2 Å². The average molecular weight is 543 g/mol. The molecule has 170 valence electrons. The number of hydrogen-bond donors (Lipinski definition) is 1. The highest BCUT2D eigenvalue weighted by molar-refractivity contribution is 14.0. The molecule has 30 heavy (non-hydrogen) atoms. The van der Waals surface area contributed by atoms with Crippen LogP contribution in [-0.4, -0.2) is 63.0 Å². The predicted molar refractivity (Wildman–Crippen MR) is 119 cm³/mol. The lowest BCUT2D eigenvalue weighted by Gasteiger charge is -2.37. The molecule has 0 aromatic heterocycles. The molecule has 0 spiro atoms. The number of guanidine groups is 1. The summed E-state index contributed by atoms with van der Waals surface area (Å²) in [7, 11) is 1.35. The Balaban J connectivity index is 0.00000320. The second kappa shape index (κ2) is 11.4. The Kier molecular flexibility index (Phi) is 9.48. The fourth-order valence-electron chi connectivity index (χ4n) is 3.66. The van der Waals surface area contributed by atoms with Gasteiger partial charge in [0.15, 0.2) is 5.96 Å². The smallest absolute Gasteiger partial charge is 0.416 e. The Hall–Kier alpha value is -1.27. The number of rotatable bonds is 5. The lowest BCUT2D eigenvalue weighted by molar-refractivity contribution is -0.138. The summed E-state index contributed by atoms with van der Waals surface area (Å²) in [6, 6.07) is 3.96. The van der Waals surface area contributed by atoms with Crippen LogP contribution in [0.5, 0.6) is 5.75 Å². The lowest BCUT2D eigenvalue weighted by Crippen LogP contribution is -2.53. The quantitative estimate of drug-likeness (QED) is 0.349. The molecule has 1 N–H and O–H groups in total. The van der Waals surface area contributed by atoms with Gasteiger partial charge in [0.05, 0.1) is 31.9 Å². The third kappa shape index (κ3) is 6.36. The van der Waals surface area contributed by atoms with Gasteiger partial charge < -0.3 is 24.4 Å². The van der Waals surface area contributed by atoms with Crippen LogP contribution in [0, 0.1) is 0 Å². The molecule has 1 aromatic carbocycles. The van der Waals surface area contributed by atoms with Gasteiger partial charge >= 0.3 is 6.18 Å². The SMILES string of the molecule is CCNC(=NCc1ccc(OC)cc1C(F)(F)F)N1CCOC(C2CCCO2)C1.I. The number of methoxy groups -OCH3 is 1. The largest absolute Gasteiger partial charge is 0.497 e.